The molecule has 0 spiro atoms. The van der Waals surface area contributed by atoms with Crippen molar-refractivity contribution in [1.29, 1.82) is 0 Å². The SMILES string of the molecule is CCCCC(CC)COC1CC(=O)C1OCCC. The Morgan fingerprint density at radius 2 is 2.00 bits per heavy atom. The van der Waals surface area contributed by atoms with Gasteiger partial charge >= 0.3 is 0 Å². The zero-order valence-electron chi connectivity index (χ0n) is 12.1. The minimum atomic E-state index is -0.284. The van der Waals surface area contributed by atoms with Gasteiger partial charge in [0.2, 0.25) is 0 Å². The Balaban J connectivity index is 2.22. The van der Waals surface area contributed by atoms with Crippen molar-refractivity contribution in [2.45, 2.75) is 71.5 Å². The second-order valence-electron chi connectivity index (χ2n) is 5.25. The van der Waals surface area contributed by atoms with E-state index in [1.54, 1.807) is 0 Å². The van der Waals surface area contributed by atoms with E-state index in [1.807, 2.05) is 0 Å². The Kier molecular flexibility index (Phi) is 7.52. The van der Waals surface area contributed by atoms with Crippen LogP contribution in [0.25, 0.3) is 0 Å². The van der Waals surface area contributed by atoms with Gasteiger partial charge in [-0.2, -0.15) is 0 Å². The normalized spacial score (nSPS) is 24.9. The first-order valence-electron chi connectivity index (χ1n) is 7.48. The van der Waals surface area contributed by atoms with E-state index in [2.05, 4.69) is 20.8 Å². The molecule has 18 heavy (non-hydrogen) atoms. The maximum absolute atomic E-state index is 11.4. The van der Waals surface area contributed by atoms with Crippen LogP contribution in [0, 0.1) is 5.92 Å². The van der Waals surface area contributed by atoms with Gasteiger partial charge in [0.1, 0.15) is 6.10 Å². The molecule has 0 amide bonds. The van der Waals surface area contributed by atoms with Crippen molar-refractivity contribution in [1.82, 2.24) is 0 Å². The van der Waals surface area contributed by atoms with Crippen LogP contribution in [0.4, 0.5) is 0 Å². The zero-order chi connectivity index (χ0) is 13.4. The molecule has 1 saturated carbocycles. The van der Waals surface area contributed by atoms with E-state index < -0.39 is 0 Å². The number of hydrogen-bond donors (Lipinski definition) is 0. The van der Waals surface area contributed by atoms with E-state index in [-0.39, 0.29) is 18.0 Å². The molecule has 106 valence electrons. The molecule has 0 saturated heterocycles. The summed E-state index contributed by atoms with van der Waals surface area (Å²) in [7, 11) is 0. The van der Waals surface area contributed by atoms with E-state index in [1.165, 1.54) is 19.3 Å². The van der Waals surface area contributed by atoms with Gasteiger partial charge in [0, 0.05) is 19.6 Å². The second kappa shape index (κ2) is 8.65. The van der Waals surface area contributed by atoms with E-state index >= 15 is 0 Å². The highest BCUT2D eigenvalue weighted by Gasteiger charge is 2.41. The maximum Gasteiger partial charge on any atom is 0.166 e. The molecule has 0 heterocycles. The fraction of sp³-hybridized carbons (Fsp3) is 0.933. The van der Waals surface area contributed by atoms with Gasteiger partial charge in [-0.05, 0) is 18.8 Å². The number of ether oxygens (including phenoxy) is 2. The van der Waals surface area contributed by atoms with E-state index in [0.29, 0.717) is 18.9 Å². The summed E-state index contributed by atoms with van der Waals surface area (Å²) in [6.45, 7) is 7.91. The predicted octanol–water partition coefficient (Wildman–Crippen LogP) is 3.36. The Morgan fingerprint density at radius 1 is 1.22 bits per heavy atom. The molecule has 1 aliphatic rings. The van der Waals surface area contributed by atoms with Crippen molar-refractivity contribution in [3.63, 3.8) is 0 Å². The number of Topliss-reactive ketones (excluding diaryl/α,β-unsaturated/α-hetero) is 1. The van der Waals surface area contributed by atoms with Crippen molar-refractivity contribution in [3.8, 4) is 0 Å². The number of hydrogen-bond acceptors (Lipinski definition) is 3. The van der Waals surface area contributed by atoms with E-state index in [9.17, 15) is 4.79 Å². The minimum Gasteiger partial charge on any atom is -0.374 e. The molecular weight excluding hydrogens is 228 g/mol. The van der Waals surface area contributed by atoms with Crippen LogP contribution in [0.5, 0.6) is 0 Å². The average Bonchev–Trinajstić information content (AvgIpc) is 2.37. The molecule has 0 radical (unpaired) electrons. The molecule has 0 bridgehead atoms. The van der Waals surface area contributed by atoms with Crippen molar-refractivity contribution in [2.75, 3.05) is 13.2 Å². The zero-order valence-corrected chi connectivity index (χ0v) is 12.1. The summed E-state index contributed by atoms with van der Waals surface area (Å²) >= 11 is 0. The van der Waals surface area contributed by atoms with Gasteiger partial charge < -0.3 is 9.47 Å². The topological polar surface area (TPSA) is 35.5 Å². The van der Waals surface area contributed by atoms with E-state index in [4.69, 9.17) is 9.47 Å². The van der Waals surface area contributed by atoms with Crippen LogP contribution in [-0.4, -0.2) is 31.2 Å². The van der Waals surface area contributed by atoms with Gasteiger partial charge in [0.15, 0.2) is 5.78 Å². The molecule has 3 nitrogen and oxygen atoms in total. The molecule has 1 fully saturated rings. The van der Waals surface area contributed by atoms with Gasteiger partial charge in [-0.25, -0.2) is 0 Å². The molecule has 3 heteroatoms. The number of ketones is 1. The van der Waals surface area contributed by atoms with E-state index in [0.717, 1.165) is 19.4 Å². The second-order valence-corrected chi connectivity index (χ2v) is 5.25. The monoisotopic (exact) mass is 256 g/mol. The van der Waals surface area contributed by atoms with Crippen LogP contribution < -0.4 is 0 Å². The van der Waals surface area contributed by atoms with Crippen LogP contribution in [0.1, 0.15) is 59.3 Å². The number of carbonyl (C=O) groups is 1. The molecule has 0 aliphatic heterocycles. The summed E-state index contributed by atoms with van der Waals surface area (Å²) in [6.07, 6.45) is 6.11. The molecule has 1 rings (SSSR count). The van der Waals surface area contributed by atoms with Crippen LogP contribution in [-0.2, 0) is 14.3 Å². The molecule has 3 atom stereocenters. The Hall–Kier alpha value is -0.410. The third-order valence-electron chi connectivity index (χ3n) is 3.65. The lowest BCUT2D eigenvalue weighted by atomic mass is 9.89. The smallest absolute Gasteiger partial charge is 0.166 e. The Labute approximate surface area is 111 Å². The van der Waals surface area contributed by atoms with Crippen molar-refractivity contribution in [3.05, 3.63) is 0 Å². The van der Waals surface area contributed by atoms with Gasteiger partial charge in [0.05, 0.1) is 6.10 Å². The van der Waals surface area contributed by atoms with Crippen LogP contribution >= 0.6 is 0 Å². The van der Waals surface area contributed by atoms with Crippen LogP contribution in [0.2, 0.25) is 0 Å². The maximum atomic E-state index is 11.4. The largest absolute Gasteiger partial charge is 0.374 e. The van der Waals surface area contributed by atoms with Crippen molar-refractivity contribution in [2.24, 2.45) is 5.92 Å². The van der Waals surface area contributed by atoms with Crippen molar-refractivity contribution < 1.29 is 14.3 Å². The van der Waals surface area contributed by atoms with Crippen LogP contribution in [0.15, 0.2) is 0 Å². The molecule has 1 aliphatic carbocycles. The highest BCUT2D eigenvalue weighted by Crippen LogP contribution is 2.25. The molecule has 0 N–H and O–H groups in total. The fourth-order valence-electron chi connectivity index (χ4n) is 2.22. The molecule has 0 aromatic carbocycles. The molecule has 0 aromatic heterocycles. The first-order chi connectivity index (χ1) is 8.72. The lowest BCUT2D eigenvalue weighted by Crippen LogP contribution is -2.51. The first-order valence-corrected chi connectivity index (χ1v) is 7.48. The summed E-state index contributed by atoms with van der Waals surface area (Å²) < 4.78 is 11.4. The van der Waals surface area contributed by atoms with Crippen molar-refractivity contribution >= 4 is 5.78 Å². The summed E-state index contributed by atoms with van der Waals surface area (Å²) in [4.78, 5) is 11.4. The number of rotatable bonds is 10. The highest BCUT2D eigenvalue weighted by atomic mass is 16.5. The summed E-state index contributed by atoms with van der Waals surface area (Å²) in [5, 5.41) is 0. The Bertz CT molecular complexity index is 240. The third-order valence-corrected chi connectivity index (χ3v) is 3.65. The highest BCUT2D eigenvalue weighted by molar-refractivity contribution is 5.90. The summed E-state index contributed by atoms with van der Waals surface area (Å²) in [5.74, 6) is 0.836. The predicted molar refractivity (Wildman–Crippen MR) is 72.7 cm³/mol. The van der Waals surface area contributed by atoms with Gasteiger partial charge in [0.25, 0.3) is 0 Å². The van der Waals surface area contributed by atoms with Gasteiger partial charge in [-0.1, -0.05) is 40.0 Å². The fourth-order valence-corrected chi connectivity index (χ4v) is 2.22. The first kappa shape index (κ1) is 15.6. The third kappa shape index (κ3) is 4.69. The minimum absolute atomic E-state index is 0.0136. The number of carbonyl (C=O) groups excluding carboxylic acids is 1. The number of unbranched alkanes of at least 4 members (excludes halogenated alkanes) is 1. The quantitative estimate of drug-likeness (QED) is 0.601. The average molecular weight is 256 g/mol. The standard InChI is InChI=1S/C15H28O3/c1-4-7-8-12(6-3)11-18-14-10-13(16)15(14)17-9-5-2/h12,14-15H,4-11H2,1-3H3. The summed E-state index contributed by atoms with van der Waals surface area (Å²) in [5.41, 5.74) is 0. The van der Waals surface area contributed by atoms with Gasteiger partial charge in [-0.3, -0.25) is 4.79 Å². The summed E-state index contributed by atoms with van der Waals surface area (Å²) in [6, 6.07) is 0. The lowest BCUT2D eigenvalue weighted by molar-refractivity contribution is -0.167. The molecule has 3 unspecified atom stereocenters. The van der Waals surface area contributed by atoms with Crippen LogP contribution in [0.3, 0.4) is 0 Å². The molecule has 0 aromatic rings. The Morgan fingerprint density at radius 3 is 2.56 bits per heavy atom. The molecular formula is C15H28O3. The lowest BCUT2D eigenvalue weighted by Gasteiger charge is -2.35. The van der Waals surface area contributed by atoms with Gasteiger partial charge in [-0.15, -0.1) is 0 Å².